The van der Waals surface area contributed by atoms with Crippen molar-refractivity contribution in [2.75, 3.05) is 13.1 Å². The molecule has 0 aromatic rings. The van der Waals surface area contributed by atoms with Gasteiger partial charge in [0.25, 0.3) is 0 Å². The average molecular weight is 117 g/mol. The molecule has 4 N–H and O–H groups in total. The van der Waals surface area contributed by atoms with E-state index in [0.29, 0.717) is 19.5 Å². The molecule has 49 valence electrons. The maximum atomic E-state index is 8.76. The quantitative estimate of drug-likeness (QED) is 0.417. The lowest BCUT2D eigenvalue weighted by Gasteiger charge is -2.07. The maximum absolute atomic E-state index is 8.76. The van der Waals surface area contributed by atoms with Gasteiger partial charge in [-0.15, -0.1) is 0 Å². The minimum absolute atomic E-state index is 0.486. The van der Waals surface area contributed by atoms with Crippen LogP contribution in [0.4, 0.5) is 0 Å². The molecule has 0 saturated heterocycles. The predicted molar refractivity (Wildman–Crippen MR) is 33.0 cm³/mol. The van der Waals surface area contributed by atoms with Crippen LogP contribution in [0.5, 0.6) is 0 Å². The van der Waals surface area contributed by atoms with Crippen LogP contribution in [0, 0.1) is 6.92 Å². The highest BCUT2D eigenvalue weighted by Gasteiger charge is 1.94. The number of hydrogen-bond donors (Lipinski definition) is 3. The van der Waals surface area contributed by atoms with Gasteiger partial charge in [0.1, 0.15) is 6.23 Å². The fourth-order valence-corrected chi connectivity index (χ4v) is 0.352. The molecule has 0 aliphatic heterocycles. The van der Waals surface area contributed by atoms with Gasteiger partial charge in [0, 0.05) is 13.1 Å². The van der Waals surface area contributed by atoms with Crippen molar-refractivity contribution < 1.29 is 5.11 Å². The molecule has 0 fully saturated rings. The van der Waals surface area contributed by atoms with Gasteiger partial charge in [-0.05, 0) is 13.3 Å². The molecular weight excluding hydrogens is 104 g/mol. The molecule has 3 nitrogen and oxygen atoms in total. The second kappa shape index (κ2) is 5.03. The van der Waals surface area contributed by atoms with Gasteiger partial charge < -0.3 is 10.8 Å². The molecule has 0 amide bonds. The Morgan fingerprint density at radius 2 is 2.38 bits per heavy atom. The first kappa shape index (κ1) is 7.88. The molecule has 0 spiro atoms. The molecule has 0 rings (SSSR count). The Balaban J connectivity index is 2.86. The Labute approximate surface area is 49.9 Å². The second-order valence-corrected chi connectivity index (χ2v) is 1.55. The van der Waals surface area contributed by atoms with Crippen molar-refractivity contribution in [2.45, 2.75) is 12.6 Å². The first-order chi connectivity index (χ1) is 3.81. The normalized spacial score (nSPS) is 13.9. The Hall–Kier alpha value is -0.120. The fourth-order valence-electron chi connectivity index (χ4n) is 0.352. The van der Waals surface area contributed by atoms with E-state index < -0.39 is 6.23 Å². The van der Waals surface area contributed by atoms with Gasteiger partial charge in [-0.1, -0.05) is 0 Å². The van der Waals surface area contributed by atoms with Gasteiger partial charge in [0.2, 0.25) is 0 Å². The summed E-state index contributed by atoms with van der Waals surface area (Å²) >= 11 is 0. The van der Waals surface area contributed by atoms with Crippen LogP contribution in [-0.4, -0.2) is 24.4 Å². The Kier molecular flexibility index (Phi) is 4.95. The van der Waals surface area contributed by atoms with Crippen molar-refractivity contribution in [3.63, 3.8) is 0 Å². The van der Waals surface area contributed by atoms with E-state index in [1.807, 2.05) is 0 Å². The second-order valence-electron chi connectivity index (χ2n) is 1.55. The van der Waals surface area contributed by atoms with Crippen molar-refractivity contribution >= 4 is 0 Å². The lowest BCUT2D eigenvalue weighted by molar-refractivity contribution is 0.141. The van der Waals surface area contributed by atoms with Crippen molar-refractivity contribution in [1.29, 1.82) is 0 Å². The molecule has 1 radical (unpaired) electrons. The van der Waals surface area contributed by atoms with E-state index >= 15 is 0 Å². The summed E-state index contributed by atoms with van der Waals surface area (Å²) in [5.74, 6) is 0. The zero-order valence-electron chi connectivity index (χ0n) is 4.93. The molecule has 3 heteroatoms. The first-order valence-electron chi connectivity index (χ1n) is 2.72. The zero-order valence-corrected chi connectivity index (χ0v) is 4.93. The van der Waals surface area contributed by atoms with E-state index in [9.17, 15) is 0 Å². The van der Waals surface area contributed by atoms with Crippen LogP contribution in [-0.2, 0) is 0 Å². The number of aliphatic hydroxyl groups is 1. The van der Waals surface area contributed by atoms with Gasteiger partial charge in [-0.25, -0.2) is 0 Å². The SMILES string of the molecule is [CH2]CC(O)NCCN. The minimum Gasteiger partial charge on any atom is -0.379 e. The number of nitrogens with one attached hydrogen (secondary N) is 1. The predicted octanol–water partition coefficient (Wildman–Crippen LogP) is -0.923. The van der Waals surface area contributed by atoms with E-state index in [-0.39, 0.29) is 0 Å². The molecule has 1 unspecified atom stereocenters. The van der Waals surface area contributed by atoms with Crippen molar-refractivity contribution in [2.24, 2.45) is 5.73 Å². The molecule has 0 saturated carbocycles. The summed E-state index contributed by atoms with van der Waals surface area (Å²) in [6, 6.07) is 0. The highest BCUT2D eigenvalue weighted by molar-refractivity contribution is 4.53. The number of nitrogens with two attached hydrogens (primary N) is 1. The minimum atomic E-state index is -0.487. The van der Waals surface area contributed by atoms with E-state index in [4.69, 9.17) is 10.8 Å². The number of rotatable bonds is 4. The lowest BCUT2D eigenvalue weighted by atomic mass is 10.4. The third-order valence-electron chi connectivity index (χ3n) is 0.798. The summed E-state index contributed by atoms with van der Waals surface area (Å²) < 4.78 is 0. The average Bonchev–Trinajstić information content (AvgIpc) is 1.83. The van der Waals surface area contributed by atoms with Crippen LogP contribution in [0.25, 0.3) is 0 Å². The zero-order chi connectivity index (χ0) is 6.41. The lowest BCUT2D eigenvalue weighted by Crippen LogP contribution is -2.32. The van der Waals surface area contributed by atoms with Gasteiger partial charge in [-0.2, -0.15) is 0 Å². The maximum Gasteiger partial charge on any atom is 0.104 e. The van der Waals surface area contributed by atoms with E-state index in [2.05, 4.69) is 12.2 Å². The topological polar surface area (TPSA) is 58.3 Å². The molecule has 0 aromatic heterocycles. The fraction of sp³-hybridized carbons (Fsp3) is 0.800. The molecule has 0 aromatic carbocycles. The van der Waals surface area contributed by atoms with E-state index in [1.54, 1.807) is 0 Å². The summed E-state index contributed by atoms with van der Waals surface area (Å²) in [6.45, 7) is 4.69. The summed E-state index contributed by atoms with van der Waals surface area (Å²) in [5.41, 5.74) is 5.14. The molecule has 1 atom stereocenters. The first-order valence-corrected chi connectivity index (χ1v) is 2.72. The number of aliphatic hydroxyl groups excluding tert-OH is 1. The van der Waals surface area contributed by atoms with Gasteiger partial charge >= 0.3 is 0 Å². The summed E-state index contributed by atoms with van der Waals surface area (Å²) in [5, 5.41) is 11.5. The summed E-state index contributed by atoms with van der Waals surface area (Å²) in [6.07, 6.45) is -0.00134. The highest BCUT2D eigenvalue weighted by Crippen LogP contribution is 1.79. The van der Waals surface area contributed by atoms with Crippen LogP contribution >= 0.6 is 0 Å². The molecule has 0 aliphatic rings. The summed E-state index contributed by atoms with van der Waals surface area (Å²) in [4.78, 5) is 0. The smallest absolute Gasteiger partial charge is 0.104 e. The number of hydrogen-bond acceptors (Lipinski definition) is 3. The van der Waals surface area contributed by atoms with Crippen LogP contribution in [0.2, 0.25) is 0 Å². The molecule has 0 aliphatic carbocycles. The Morgan fingerprint density at radius 1 is 1.75 bits per heavy atom. The third kappa shape index (κ3) is 4.05. The monoisotopic (exact) mass is 117 g/mol. The highest BCUT2D eigenvalue weighted by atomic mass is 16.3. The van der Waals surface area contributed by atoms with Crippen LogP contribution < -0.4 is 11.1 Å². The van der Waals surface area contributed by atoms with Crippen molar-refractivity contribution in [1.82, 2.24) is 5.32 Å². The van der Waals surface area contributed by atoms with Gasteiger partial charge in [0.05, 0.1) is 0 Å². The van der Waals surface area contributed by atoms with E-state index in [1.165, 1.54) is 0 Å². The van der Waals surface area contributed by atoms with Crippen LogP contribution in [0.1, 0.15) is 6.42 Å². The van der Waals surface area contributed by atoms with Crippen LogP contribution in [0.3, 0.4) is 0 Å². The third-order valence-corrected chi connectivity index (χ3v) is 0.798. The van der Waals surface area contributed by atoms with Gasteiger partial charge in [-0.3, -0.25) is 5.32 Å². The molecule has 8 heavy (non-hydrogen) atoms. The van der Waals surface area contributed by atoms with Gasteiger partial charge in [0.15, 0.2) is 0 Å². The molecular formula is C5H13N2O. The Morgan fingerprint density at radius 3 is 2.75 bits per heavy atom. The van der Waals surface area contributed by atoms with Crippen molar-refractivity contribution in [3.8, 4) is 0 Å². The van der Waals surface area contributed by atoms with E-state index in [0.717, 1.165) is 0 Å². The molecule has 0 bridgehead atoms. The largest absolute Gasteiger partial charge is 0.379 e. The molecule has 0 heterocycles. The van der Waals surface area contributed by atoms with Crippen LogP contribution in [0.15, 0.2) is 0 Å². The van der Waals surface area contributed by atoms with Crippen molar-refractivity contribution in [3.05, 3.63) is 6.92 Å². The standard InChI is InChI=1S/C5H13N2O/c1-2-5(8)7-4-3-6/h5,7-8H,1-4,6H2. The Bertz CT molecular complexity index is 49.7. The summed E-state index contributed by atoms with van der Waals surface area (Å²) in [7, 11) is 0.